The fourth-order valence-electron chi connectivity index (χ4n) is 4.41. The summed E-state index contributed by atoms with van der Waals surface area (Å²) in [5, 5.41) is 21.7. The summed E-state index contributed by atoms with van der Waals surface area (Å²) in [5.41, 5.74) is 2.21. The summed E-state index contributed by atoms with van der Waals surface area (Å²) in [5.74, 6) is -1.19. The van der Waals surface area contributed by atoms with Crippen LogP contribution < -0.4 is 19.3 Å². The molecule has 1 aliphatic heterocycles. The van der Waals surface area contributed by atoms with Gasteiger partial charge in [0.25, 0.3) is 11.7 Å². The summed E-state index contributed by atoms with van der Waals surface area (Å²) in [6.45, 7) is 4.60. The van der Waals surface area contributed by atoms with Gasteiger partial charge in [-0.2, -0.15) is 0 Å². The first kappa shape index (κ1) is 26.6. The Bertz CT molecular complexity index is 1360. The Hall–Kier alpha value is -4.46. The summed E-state index contributed by atoms with van der Waals surface area (Å²) >= 11 is 0. The van der Waals surface area contributed by atoms with Crippen molar-refractivity contribution in [2.24, 2.45) is 0 Å². The van der Waals surface area contributed by atoms with E-state index in [2.05, 4.69) is 0 Å². The molecule has 1 amide bonds. The number of ether oxygens (including phenoxy) is 2. The first-order valence-corrected chi connectivity index (χ1v) is 12.5. The molecule has 1 atom stereocenters. The molecule has 1 unspecified atom stereocenters. The minimum Gasteiger partial charge on any atom is -0.507 e. The van der Waals surface area contributed by atoms with E-state index in [0.29, 0.717) is 35.8 Å². The Balaban J connectivity index is 1.90. The Morgan fingerprint density at radius 2 is 1.71 bits per heavy atom. The molecule has 0 spiro atoms. The quantitative estimate of drug-likeness (QED) is 0.227. The molecule has 3 aromatic carbocycles. The number of Topliss-reactive ketones (excluding diaryl/α,β-unsaturated/α-hetero) is 1. The lowest BCUT2D eigenvalue weighted by Gasteiger charge is -2.26. The number of aliphatic hydroxyl groups is 1. The average molecular weight is 517 g/mol. The van der Waals surface area contributed by atoms with Crippen LogP contribution in [-0.4, -0.2) is 49.2 Å². The smallest absolute Gasteiger partial charge is 0.300 e. The number of hydrogen-bond donors (Lipinski definition) is 2. The van der Waals surface area contributed by atoms with Crippen LogP contribution in [0.2, 0.25) is 0 Å². The summed E-state index contributed by atoms with van der Waals surface area (Å²) in [6.07, 6.45) is 0.816. The zero-order valence-corrected chi connectivity index (χ0v) is 22.0. The van der Waals surface area contributed by atoms with Crippen LogP contribution in [0.3, 0.4) is 0 Å². The average Bonchev–Trinajstić information content (AvgIpc) is 3.18. The molecule has 1 heterocycles. The second-order valence-electron chi connectivity index (χ2n) is 9.12. The normalized spacial score (nSPS) is 16.5. The summed E-state index contributed by atoms with van der Waals surface area (Å²) < 4.78 is 11.3. The molecule has 0 radical (unpaired) electrons. The van der Waals surface area contributed by atoms with Crippen molar-refractivity contribution >= 4 is 28.8 Å². The lowest BCUT2D eigenvalue weighted by molar-refractivity contribution is -0.132. The van der Waals surface area contributed by atoms with Crippen molar-refractivity contribution in [3.8, 4) is 17.2 Å². The van der Waals surface area contributed by atoms with Crippen LogP contribution in [0.4, 0.5) is 11.4 Å². The molecule has 2 N–H and O–H groups in total. The highest BCUT2D eigenvalue weighted by molar-refractivity contribution is 6.51. The van der Waals surface area contributed by atoms with Crippen molar-refractivity contribution in [2.75, 3.05) is 37.1 Å². The van der Waals surface area contributed by atoms with E-state index >= 15 is 0 Å². The third-order valence-electron chi connectivity index (χ3n) is 6.27. The number of nitrogens with zero attached hydrogens (tertiary/aromatic N) is 2. The third-order valence-corrected chi connectivity index (χ3v) is 6.27. The van der Waals surface area contributed by atoms with Crippen LogP contribution in [0.1, 0.15) is 37.4 Å². The van der Waals surface area contributed by atoms with Crippen molar-refractivity contribution in [2.45, 2.75) is 26.3 Å². The second kappa shape index (κ2) is 11.3. The van der Waals surface area contributed by atoms with Crippen molar-refractivity contribution in [3.05, 3.63) is 83.4 Å². The fraction of sp³-hybridized carbons (Fsp3) is 0.267. The Kier molecular flexibility index (Phi) is 7.90. The summed E-state index contributed by atoms with van der Waals surface area (Å²) in [7, 11) is 3.82. The molecular formula is C30H32N2O6. The lowest BCUT2D eigenvalue weighted by atomic mass is 9.94. The number of phenolic OH excluding ortho intramolecular Hbond substituents is 1. The van der Waals surface area contributed by atoms with Crippen LogP contribution in [-0.2, 0) is 9.59 Å². The van der Waals surface area contributed by atoms with E-state index < -0.39 is 17.7 Å². The molecule has 198 valence electrons. The number of carbonyl (C=O) groups is 2. The number of amides is 1. The van der Waals surface area contributed by atoms with Crippen LogP contribution >= 0.6 is 0 Å². The maximum Gasteiger partial charge on any atom is 0.300 e. The van der Waals surface area contributed by atoms with Gasteiger partial charge in [0.1, 0.15) is 11.5 Å². The molecule has 8 heteroatoms. The zero-order chi connectivity index (χ0) is 27.4. The van der Waals surface area contributed by atoms with Gasteiger partial charge in [-0.3, -0.25) is 14.5 Å². The number of rotatable bonds is 9. The van der Waals surface area contributed by atoms with Crippen molar-refractivity contribution < 1.29 is 29.3 Å². The van der Waals surface area contributed by atoms with Crippen molar-refractivity contribution in [3.63, 3.8) is 0 Å². The molecule has 1 fully saturated rings. The molecule has 0 aromatic heterocycles. The van der Waals surface area contributed by atoms with Gasteiger partial charge < -0.3 is 24.6 Å². The van der Waals surface area contributed by atoms with E-state index in [4.69, 9.17) is 9.47 Å². The van der Waals surface area contributed by atoms with Crippen LogP contribution in [0.25, 0.3) is 5.76 Å². The van der Waals surface area contributed by atoms with Gasteiger partial charge in [-0.05, 0) is 67.4 Å². The predicted octanol–water partition coefficient (Wildman–Crippen LogP) is 5.27. The number of hydrogen-bond acceptors (Lipinski definition) is 7. The minimum atomic E-state index is -0.958. The number of ketones is 1. The minimum absolute atomic E-state index is 0.0625. The van der Waals surface area contributed by atoms with Gasteiger partial charge in [0.05, 0.1) is 24.8 Å². The lowest BCUT2D eigenvalue weighted by Crippen LogP contribution is -2.29. The van der Waals surface area contributed by atoms with Gasteiger partial charge in [0, 0.05) is 31.0 Å². The SMILES string of the molecule is CCCOc1cccc(/C(O)=C2/C(=O)C(=O)N(c3ccc(N(C)C)cc3)C2c2ccc(O)c(OCC)c2)c1. The Morgan fingerprint density at radius 3 is 2.37 bits per heavy atom. The second-order valence-corrected chi connectivity index (χ2v) is 9.12. The maximum atomic E-state index is 13.5. The van der Waals surface area contributed by atoms with E-state index in [-0.39, 0.29) is 22.8 Å². The Labute approximate surface area is 222 Å². The number of anilines is 2. The maximum absolute atomic E-state index is 13.5. The van der Waals surface area contributed by atoms with Gasteiger partial charge in [0.15, 0.2) is 11.5 Å². The predicted molar refractivity (Wildman–Crippen MR) is 147 cm³/mol. The third kappa shape index (κ3) is 5.16. The Morgan fingerprint density at radius 1 is 0.974 bits per heavy atom. The molecule has 4 rings (SSSR count). The molecule has 1 saturated heterocycles. The van der Waals surface area contributed by atoms with Crippen molar-refractivity contribution in [1.82, 2.24) is 0 Å². The largest absolute Gasteiger partial charge is 0.507 e. The van der Waals surface area contributed by atoms with Gasteiger partial charge in [0.2, 0.25) is 0 Å². The van der Waals surface area contributed by atoms with E-state index in [1.54, 1.807) is 55.5 Å². The van der Waals surface area contributed by atoms with Gasteiger partial charge >= 0.3 is 0 Å². The van der Waals surface area contributed by atoms with E-state index in [1.165, 1.54) is 11.0 Å². The highest BCUT2D eigenvalue weighted by Gasteiger charge is 2.47. The summed E-state index contributed by atoms with van der Waals surface area (Å²) in [4.78, 5) is 30.2. The van der Waals surface area contributed by atoms with Gasteiger partial charge in [-0.1, -0.05) is 25.1 Å². The molecular weight excluding hydrogens is 484 g/mol. The van der Waals surface area contributed by atoms with E-state index in [1.807, 2.05) is 38.1 Å². The molecule has 0 aliphatic carbocycles. The number of phenols is 1. The molecule has 8 nitrogen and oxygen atoms in total. The summed E-state index contributed by atoms with van der Waals surface area (Å²) in [6, 6.07) is 17.7. The monoisotopic (exact) mass is 516 g/mol. The zero-order valence-electron chi connectivity index (χ0n) is 22.0. The molecule has 3 aromatic rings. The van der Waals surface area contributed by atoms with Crippen LogP contribution in [0.15, 0.2) is 72.3 Å². The first-order chi connectivity index (χ1) is 18.3. The van der Waals surface area contributed by atoms with Crippen LogP contribution in [0.5, 0.6) is 17.2 Å². The van der Waals surface area contributed by atoms with Gasteiger partial charge in [-0.25, -0.2) is 0 Å². The number of benzene rings is 3. The van der Waals surface area contributed by atoms with Crippen LogP contribution in [0, 0.1) is 0 Å². The highest BCUT2D eigenvalue weighted by Crippen LogP contribution is 2.44. The number of aromatic hydroxyl groups is 1. The molecule has 0 saturated carbocycles. The molecule has 1 aliphatic rings. The van der Waals surface area contributed by atoms with E-state index in [0.717, 1.165) is 12.1 Å². The first-order valence-electron chi connectivity index (χ1n) is 12.5. The number of carbonyl (C=O) groups excluding carboxylic acids is 2. The number of aliphatic hydroxyl groups excluding tert-OH is 1. The standard InChI is InChI=1S/C30H32N2O6/c1-5-16-38-23-9-7-8-20(17-23)28(34)26-27(19-10-15-24(33)25(18-19)37-6-2)32(30(36)29(26)35)22-13-11-21(12-14-22)31(3)4/h7-15,17-18,27,33-34H,5-6,16H2,1-4H3/b28-26-. The molecule has 38 heavy (non-hydrogen) atoms. The molecule has 0 bridgehead atoms. The highest BCUT2D eigenvalue weighted by atomic mass is 16.5. The fourth-order valence-corrected chi connectivity index (χ4v) is 4.41. The van der Waals surface area contributed by atoms with Crippen molar-refractivity contribution in [1.29, 1.82) is 0 Å². The topological polar surface area (TPSA) is 99.5 Å². The van der Waals surface area contributed by atoms with Gasteiger partial charge in [-0.15, -0.1) is 0 Å². The van der Waals surface area contributed by atoms with E-state index in [9.17, 15) is 19.8 Å².